The number of benzene rings is 1. The van der Waals surface area contributed by atoms with E-state index in [1.807, 2.05) is 29.2 Å². The first-order chi connectivity index (χ1) is 12.6. The maximum atomic E-state index is 12.4. The number of rotatable bonds is 6. The van der Waals surface area contributed by atoms with Gasteiger partial charge in [0, 0.05) is 38.2 Å². The molecule has 2 aromatic rings. The minimum Gasteiger partial charge on any atom is -0.484 e. The van der Waals surface area contributed by atoms with Gasteiger partial charge in [-0.2, -0.15) is 0 Å². The minimum atomic E-state index is 0.0124. The summed E-state index contributed by atoms with van der Waals surface area (Å²) in [7, 11) is 0. The molecule has 0 spiro atoms. The van der Waals surface area contributed by atoms with Gasteiger partial charge in [0.15, 0.2) is 6.61 Å². The van der Waals surface area contributed by atoms with Crippen molar-refractivity contribution in [2.75, 3.05) is 19.7 Å². The Morgan fingerprint density at radius 2 is 1.92 bits per heavy atom. The number of nitrogens with zero attached hydrogens (tertiary/aromatic N) is 3. The summed E-state index contributed by atoms with van der Waals surface area (Å²) in [6.45, 7) is 5.71. The second kappa shape index (κ2) is 8.65. The van der Waals surface area contributed by atoms with Crippen molar-refractivity contribution in [1.29, 1.82) is 0 Å². The first-order valence-electron chi connectivity index (χ1n) is 9.05. The van der Waals surface area contributed by atoms with Crippen LogP contribution in [0.1, 0.15) is 38.2 Å². The SMILES string of the molecule is CC(C)c1ccc(OCC(=O)N2CCC(Oc3ccncn3)CC2)cc1. The highest BCUT2D eigenvalue weighted by Crippen LogP contribution is 2.19. The van der Waals surface area contributed by atoms with Crippen molar-refractivity contribution in [3.63, 3.8) is 0 Å². The van der Waals surface area contributed by atoms with Crippen molar-refractivity contribution in [2.24, 2.45) is 0 Å². The summed E-state index contributed by atoms with van der Waals surface area (Å²) in [6, 6.07) is 9.67. The van der Waals surface area contributed by atoms with Crippen molar-refractivity contribution in [3.05, 3.63) is 48.4 Å². The Morgan fingerprint density at radius 1 is 1.19 bits per heavy atom. The molecule has 0 N–H and O–H groups in total. The second-order valence-electron chi connectivity index (χ2n) is 6.76. The molecule has 1 amide bonds. The number of carbonyl (C=O) groups excluding carboxylic acids is 1. The molecule has 1 fully saturated rings. The van der Waals surface area contributed by atoms with Crippen molar-refractivity contribution in [1.82, 2.24) is 14.9 Å². The molecule has 6 nitrogen and oxygen atoms in total. The molecule has 0 atom stereocenters. The van der Waals surface area contributed by atoms with Gasteiger partial charge in [-0.1, -0.05) is 26.0 Å². The van der Waals surface area contributed by atoms with Crippen molar-refractivity contribution < 1.29 is 14.3 Å². The van der Waals surface area contributed by atoms with E-state index < -0.39 is 0 Å². The Labute approximate surface area is 154 Å². The number of ether oxygens (including phenoxy) is 2. The van der Waals surface area contributed by atoms with E-state index in [2.05, 4.69) is 23.8 Å². The highest BCUT2D eigenvalue weighted by Gasteiger charge is 2.24. The van der Waals surface area contributed by atoms with Gasteiger partial charge < -0.3 is 14.4 Å². The monoisotopic (exact) mass is 355 g/mol. The normalized spacial score (nSPS) is 15.1. The van der Waals surface area contributed by atoms with Crippen LogP contribution in [0.2, 0.25) is 0 Å². The molecule has 1 saturated heterocycles. The zero-order valence-electron chi connectivity index (χ0n) is 15.3. The van der Waals surface area contributed by atoms with E-state index >= 15 is 0 Å². The summed E-state index contributed by atoms with van der Waals surface area (Å²) in [4.78, 5) is 22.1. The molecule has 138 valence electrons. The van der Waals surface area contributed by atoms with E-state index in [-0.39, 0.29) is 18.6 Å². The Kier molecular flexibility index (Phi) is 6.04. The highest BCUT2D eigenvalue weighted by molar-refractivity contribution is 5.77. The second-order valence-corrected chi connectivity index (χ2v) is 6.76. The van der Waals surface area contributed by atoms with Gasteiger partial charge in [-0.05, 0) is 23.6 Å². The molecule has 26 heavy (non-hydrogen) atoms. The summed E-state index contributed by atoms with van der Waals surface area (Å²) in [6.07, 6.45) is 4.79. The molecule has 0 bridgehead atoms. The molecular weight excluding hydrogens is 330 g/mol. The van der Waals surface area contributed by atoms with Gasteiger partial charge in [0.1, 0.15) is 18.2 Å². The van der Waals surface area contributed by atoms with Gasteiger partial charge in [0.05, 0.1) is 0 Å². The van der Waals surface area contributed by atoms with Crippen LogP contribution < -0.4 is 9.47 Å². The standard InChI is InChI=1S/C20H25N3O3/c1-15(2)16-3-5-17(6-4-16)25-13-20(24)23-11-8-18(9-12-23)26-19-7-10-21-14-22-19/h3-7,10,14-15,18H,8-9,11-13H2,1-2H3. The minimum absolute atomic E-state index is 0.0124. The molecule has 3 rings (SSSR count). The fourth-order valence-electron chi connectivity index (χ4n) is 2.93. The topological polar surface area (TPSA) is 64.5 Å². The van der Waals surface area contributed by atoms with Crippen LogP contribution >= 0.6 is 0 Å². The predicted molar refractivity (Wildman–Crippen MR) is 98.3 cm³/mol. The first kappa shape index (κ1) is 18.2. The number of carbonyl (C=O) groups is 1. The van der Waals surface area contributed by atoms with Crippen molar-refractivity contribution in [3.8, 4) is 11.6 Å². The van der Waals surface area contributed by atoms with E-state index in [4.69, 9.17) is 9.47 Å². The Hall–Kier alpha value is -2.63. The van der Waals surface area contributed by atoms with Crippen LogP contribution in [0.4, 0.5) is 0 Å². The van der Waals surface area contributed by atoms with Crippen LogP contribution in [-0.4, -0.2) is 46.6 Å². The molecule has 2 heterocycles. The number of aromatic nitrogens is 2. The third-order valence-corrected chi connectivity index (χ3v) is 4.55. The molecular formula is C20H25N3O3. The lowest BCUT2D eigenvalue weighted by Crippen LogP contribution is -2.43. The summed E-state index contributed by atoms with van der Waals surface area (Å²) >= 11 is 0. The molecule has 1 aliphatic heterocycles. The first-order valence-corrected chi connectivity index (χ1v) is 9.05. The van der Waals surface area contributed by atoms with Crippen LogP contribution in [0.3, 0.4) is 0 Å². The zero-order chi connectivity index (χ0) is 18.4. The largest absolute Gasteiger partial charge is 0.484 e. The highest BCUT2D eigenvalue weighted by atomic mass is 16.5. The molecule has 6 heteroatoms. The Morgan fingerprint density at radius 3 is 2.54 bits per heavy atom. The van der Waals surface area contributed by atoms with E-state index in [9.17, 15) is 4.79 Å². The van der Waals surface area contributed by atoms with Crippen molar-refractivity contribution >= 4 is 5.91 Å². The average Bonchev–Trinajstić information content (AvgIpc) is 2.68. The molecule has 0 saturated carbocycles. The summed E-state index contributed by atoms with van der Waals surface area (Å²) in [5.74, 6) is 1.80. The lowest BCUT2D eigenvalue weighted by Gasteiger charge is -2.31. The Balaban J connectivity index is 1.42. The molecule has 0 radical (unpaired) electrons. The van der Waals surface area contributed by atoms with Crippen LogP contribution in [-0.2, 0) is 4.79 Å². The van der Waals surface area contributed by atoms with Gasteiger partial charge in [-0.15, -0.1) is 0 Å². The average molecular weight is 355 g/mol. The lowest BCUT2D eigenvalue weighted by molar-refractivity contribution is -0.135. The maximum absolute atomic E-state index is 12.4. The van der Waals surface area contributed by atoms with E-state index in [0.29, 0.717) is 24.9 Å². The Bertz CT molecular complexity index is 696. The van der Waals surface area contributed by atoms with Crippen LogP contribution in [0.5, 0.6) is 11.6 Å². The van der Waals surface area contributed by atoms with Crippen LogP contribution in [0, 0.1) is 0 Å². The quantitative estimate of drug-likeness (QED) is 0.797. The number of amides is 1. The van der Waals surface area contributed by atoms with E-state index in [1.54, 1.807) is 12.3 Å². The van der Waals surface area contributed by atoms with Gasteiger partial charge in [0.25, 0.3) is 5.91 Å². The maximum Gasteiger partial charge on any atom is 0.260 e. The summed E-state index contributed by atoms with van der Waals surface area (Å²) < 4.78 is 11.5. The van der Waals surface area contributed by atoms with Crippen LogP contribution in [0.15, 0.2) is 42.9 Å². The number of piperidine rings is 1. The summed E-state index contributed by atoms with van der Waals surface area (Å²) in [5, 5.41) is 0. The number of hydrogen-bond donors (Lipinski definition) is 0. The zero-order valence-corrected chi connectivity index (χ0v) is 15.3. The predicted octanol–water partition coefficient (Wildman–Crippen LogP) is 3.05. The van der Waals surface area contributed by atoms with Gasteiger partial charge in [0.2, 0.25) is 5.88 Å². The van der Waals surface area contributed by atoms with Gasteiger partial charge in [-0.3, -0.25) is 4.79 Å². The van der Waals surface area contributed by atoms with Crippen molar-refractivity contribution in [2.45, 2.75) is 38.7 Å². The molecule has 1 aromatic carbocycles. The third-order valence-electron chi connectivity index (χ3n) is 4.55. The molecule has 1 aromatic heterocycles. The fraction of sp³-hybridized carbons (Fsp3) is 0.450. The molecule has 0 unspecified atom stereocenters. The van der Waals surface area contributed by atoms with E-state index in [0.717, 1.165) is 18.6 Å². The fourth-order valence-corrected chi connectivity index (χ4v) is 2.93. The smallest absolute Gasteiger partial charge is 0.260 e. The molecule has 1 aliphatic rings. The van der Waals surface area contributed by atoms with Crippen LogP contribution in [0.25, 0.3) is 0 Å². The number of likely N-dealkylation sites (tertiary alicyclic amines) is 1. The van der Waals surface area contributed by atoms with Gasteiger partial charge >= 0.3 is 0 Å². The lowest BCUT2D eigenvalue weighted by atomic mass is 10.0. The number of hydrogen-bond acceptors (Lipinski definition) is 5. The molecule has 0 aliphatic carbocycles. The third kappa shape index (κ3) is 4.94. The van der Waals surface area contributed by atoms with Gasteiger partial charge in [-0.25, -0.2) is 9.97 Å². The summed E-state index contributed by atoms with van der Waals surface area (Å²) in [5.41, 5.74) is 1.26. The van der Waals surface area contributed by atoms with E-state index in [1.165, 1.54) is 11.9 Å².